The lowest BCUT2D eigenvalue weighted by Crippen LogP contribution is -2.44. The van der Waals surface area contributed by atoms with Gasteiger partial charge in [0.15, 0.2) is 13.5 Å². The molecule has 0 radical (unpaired) electrons. The van der Waals surface area contributed by atoms with Gasteiger partial charge in [-0.05, 0) is 13.8 Å². The van der Waals surface area contributed by atoms with Crippen LogP contribution in [0.5, 0.6) is 0 Å². The van der Waals surface area contributed by atoms with E-state index in [2.05, 4.69) is 30.7 Å². The van der Waals surface area contributed by atoms with Crippen LogP contribution < -0.4 is 21.3 Å². The molecule has 0 unspecified atom stereocenters. The second-order valence-electron chi connectivity index (χ2n) is 5.48. The molecule has 12 nitrogen and oxygen atoms in total. The molecule has 4 N–H and O–H groups in total. The Morgan fingerprint density at radius 2 is 1.04 bits per heavy atom. The van der Waals surface area contributed by atoms with Gasteiger partial charge in [0.05, 0.1) is 0 Å². The molecule has 0 bridgehead atoms. The first kappa shape index (κ1) is 24.6. The fourth-order valence-corrected chi connectivity index (χ4v) is 1.64. The zero-order valence-electron chi connectivity index (χ0n) is 16.0. The number of nitrogens with one attached hydrogen (secondary N) is 4. The van der Waals surface area contributed by atoms with Crippen LogP contribution in [0.3, 0.4) is 0 Å². The fraction of sp³-hybridized carbons (Fsp3) is 0.500. The quantitative estimate of drug-likeness (QED) is 0.182. The van der Waals surface area contributed by atoms with Crippen molar-refractivity contribution in [2.24, 2.45) is 0 Å². The van der Waals surface area contributed by atoms with Gasteiger partial charge in [-0.25, -0.2) is 9.59 Å². The molecule has 2 atom stereocenters. The molecule has 0 fully saturated rings. The van der Waals surface area contributed by atoms with E-state index in [1.165, 1.54) is 27.7 Å². The second-order valence-corrected chi connectivity index (χ2v) is 5.48. The third-order valence-electron chi connectivity index (χ3n) is 2.90. The van der Waals surface area contributed by atoms with Crippen molar-refractivity contribution in [1.82, 2.24) is 21.3 Å². The van der Waals surface area contributed by atoms with Gasteiger partial charge in [-0.1, -0.05) is 0 Å². The highest BCUT2D eigenvalue weighted by Crippen LogP contribution is 1.87. The van der Waals surface area contributed by atoms with E-state index in [0.29, 0.717) is 0 Å². The molecule has 0 saturated carbocycles. The van der Waals surface area contributed by atoms with E-state index in [4.69, 9.17) is 0 Å². The Bertz CT molecular complexity index is 593. The van der Waals surface area contributed by atoms with E-state index in [9.17, 15) is 28.8 Å². The molecule has 12 heteroatoms. The number of carbonyl (C=O) groups is 6. The highest BCUT2D eigenvalue weighted by molar-refractivity contribution is 5.92. The Morgan fingerprint density at radius 3 is 1.32 bits per heavy atom. The molecular formula is C16H24N4O8. The van der Waals surface area contributed by atoms with Gasteiger partial charge in [0.1, 0.15) is 12.1 Å². The molecule has 4 amide bonds. The van der Waals surface area contributed by atoms with Crippen molar-refractivity contribution in [3.05, 3.63) is 12.2 Å². The Morgan fingerprint density at radius 1 is 0.714 bits per heavy atom. The molecule has 0 aliphatic rings. The Balaban J connectivity index is 4.06. The van der Waals surface area contributed by atoms with Crippen LogP contribution in [0.1, 0.15) is 27.7 Å². The van der Waals surface area contributed by atoms with Crippen LogP contribution in [0, 0.1) is 0 Å². The lowest BCUT2D eigenvalue weighted by Gasteiger charge is -2.12. The predicted molar refractivity (Wildman–Crippen MR) is 93.9 cm³/mol. The predicted octanol–water partition coefficient (Wildman–Crippen LogP) is -2.17. The summed E-state index contributed by atoms with van der Waals surface area (Å²) in [6, 6.07) is -1.60. The molecule has 0 heterocycles. The van der Waals surface area contributed by atoms with E-state index in [-0.39, 0.29) is 11.8 Å². The van der Waals surface area contributed by atoms with Gasteiger partial charge in [-0.3, -0.25) is 19.2 Å². The third kappa shape index (κ3) is 12.0. The SMILES string of the molecule is CC(=O)N[C@@H](C)C(=O)NCOC(=O)/C=C/C(=O)OCNC(=O)[C@H](C)NC(C)=O. The van der Waals surface area contributed by atoms with Crippen LogP contribution in [0.4, 0.5) is 0 Å². The van der Waals surface area contributed by atoms with Crippen molar-refractivity contribution in [3.8, 4) is 0 Å². The van der Waals surface area contributed by atoms with Crippen molar-refractivity contribution in [1.29, 1.82) is 0 Å². The summed E-state index contributed by atoms with van der Waals surface area (Å²) < 4.78 is 9.28. The highest BCUT2D eigenvalue weighted by Gasteiger charge is 2.14. The Hall–Kier alpha value is -3.44. The molecule has 0 aromatic rings. The number of esters is 2. The van der Waals surface area contributed by atoms with E-state index < -0.39 is 49.3 Å². The number of hydrogen-bond acceptors (Lipinski definition) is 8. The summed E-state index contributed by atoms with van der Waals surface area (Å²) in [4.78, 5) is 67.5. The fourth-order valence-electron chi connectivity index (χ4n) is 1.64. The van der Waals surface area contributed by atoms with Crippen molar-refractivity contribution in [3.63, 3.8) is 0 Å². The number of carbonyl (C=O) groups excluding carboxylic acids is 6. The normalized spacial score (nSPS) is 12.3. The zero-order chi connectivity index (χ0) is 21.7. The number of hydrogen-bond donors (Lipinski definition) is 4. The van der Waals surface area contributed by atoms with Gasteiger partial charge in [-0.2, -0.15) is 0 Å². The summed E-state index contributed by atoms with van der Waals surface area (Å²) in [6.07, 6.45) is 1.54. The molecule has 156 valence electrons. The molecule has 0 rings (SSSR count). The minimum atomic E-state index is -0.923. The van der Waals surface area contributed by atoms with Crippen molar-refractivity contribution in [2.45, 2.75) is 39.8 Å². The van der Waals surface area contributed by atoms with Crippen LogP contribution in [-0.2, 0) is 38.2 Å². The lowest BCUT2D eigenvalue weighted by atomic mass is 10.3. The second kappa shape index (κ2) is 12.8. The molecular weight excluding hydrogens is 376 g/mol. The van der Waals surface area contributed by atoms with Crippen molar-refractivity contribution >= 4 is 35.6 Å². The van der Waals surface area contributed by atoms with Gasteiger partial charge in [0.2, 0.25) is 23.6 Å². The van der Waals surface area contributed by atoms with Gasteiger partial charge in [-0.15, -0.1) is 0 Å². The molecule has 0 aromatic heterocycles. The van der Waals surface area contributed by atoms with Crippen LogP contribution in [-0.4, -0.2) is 61.1 Å². The average molecular weight is 400 g/mol. The molecule has 0 aliphatic carbocycles. The molecule has 28 heavy (non-hydrogen) atoms. The summed E-state index contributed by atoms with van der Waals surface area (Å²) in [5.41, 5.74) is 0. The Kier molecular flexibility index (Phi) is 11.3. The van der Waals surface area contributed by atoms with E-state index >= 15 is 0 Å². The summed E-state index contributed by atoms with van der Waals surface area (Å²) in [7, 11) is 0. The average Bonchev–Trinajstić information content (AvgIpc) is 2.58. The summed E-state index contributed by atoms with van der Waals surface area (Å²) in [6.45, 7) is 4.48. The monoisotopic (exact) mass is 400 g/mol. The first-order valence-electron chi connectivity index (χ1n) is 8.14. The minimum absolute atomic E-state index is 0.387. The lowest BCUT2D eigenvalue weighted by molar-refractivity contribution is -0.143. The third-order valence-corrected chi connectivity index (χ3v) is 2.90. The van der Waals surface area contributed by atoms with E-state index in [1.54, 1.807) is 0 Å². The van der Waals surface area contributed by atoms with E-state index in [1.807, 2.05) is 0 Å². The summed E-state index contributed by atoms with van der Waals surface area (Å²) in [5.74, 6) is -3.74. The number of amides is 4. The van der Waals surface area contributed by atoms with E-state index in [0.717, 1.165) is 12.2 Å². The highest BCUT2D eigenvalue weighted by atomic mass is 16.5. The Labute approximate surface area is 161 Å². The van der Waals surface area contributed by atoms with Crippen molar-refractivity contribution < 1.29 is 38.2 Å². The van der Waals surface area contributed by atoms with Crippen LogP contribution in [0.25, 0.3) is 0 Å². The maximum Gasteiger partial charge on any atom is 0.332 e. The first-order chi connectivity index (χ1) is 13.0. The van der Waals surface area contributed by atoms with Gasteiger partial charge in [0.25, 0.3) is 0 Å². The molecule has 0 aromatic carbocycles. The molecule has 0 aliphatic heterocycles. The number of rotatable bonds is 10. The van der Waals surface area contributed by atoms with Crippen molar-refractivity contribution in [2.75, 3.05) is 13.5 Å². The summed E-state index contributed by atoms with van der Waals surface area (Å²) in [5, 5.41) is 9.20. The standard InChI is InChI=1S/C16H24N4O8/c1-9(19-11(3)21)15(25)17-7-27-13(23)5-6-14(24)28-8-18-16(26)10(2)20-12(4)22/h5-6,9-10H,7-8H2,1-4H3,(H,17,25)(H,18,26)(H,19,21)(H,20,22)/b6-5+/t9-,10-/m0/s1. The van der Waals surface area contributed by atoms with Gasteiger partial charge in [0, 0.05) is 26.0 Å². The maximum atomic E-state index is 11.5. The minimum Gasteiger partial charge on any atom is -0.441 e. The van der Waals surface area contributed by atoms with Crippen LogP contribution >= 0.6 is 0 Å². The van der Waals surface area contributed by atoms with Crippen LogP contribution in [0.2, 0.25) is 0 Å². The molecule has 0 spiro atoms. The van der Waals surface area contributed by atoms with Gasteiger partial charge < -0.3 is 30.7 Å². The topological polar surface area (TPSA) is 169 Å². The largest absolute Gasteiger partial charge is 0.441 e. The molecule has 0 saturated heterocycles. The maximum absolute atomic E-state index is 11.5. The smallest absolute Gasteiger partial charge is 0.332 e. The van der Waals surface area contributed by atoms with Gasteiger partial charge >= 0.3 is 11.9 Å². The van der Waals surface area contributed by atoms with Crippen LogP contribution in [0.15, 0.2) is 12.2 Å². The summed E-state index contributed by atoms with van der Waals surface area (Å²) >= 11 is 0. The zero-order valence-corrected chi connectivity index (χ0v) is 16.0. The first-order valence-corrected chi connectivity index (χ1v) is 8.14. The number of ether oxygens (including phenoxy) is 2.